The van der Waals surface area contributed by atoms with Gasteiger partial charge < -0.3 is 25.3 Å². The van der Waals surface area contributed by atoms with Crippen molar-refractivity contribution in [2.75, 3.05) is 34.0 Å². The number of methoxy groups -OCH3 is 2. The summed E-state index contributed by atoms with van der Waals surface area (Å²) in [5.41, 5.74) is 6.82. The molecule has 0 fully saturated rings. The third kappa shape index (κ3) is 8.85. The Bertz CT molecular complexity index is 470. The van der Waals surface area contributed by atoms with E-state index in [1.807, 2.05) is 18.2 Å². The lowest BCUT2D eigenvalue weighted by Gasteiger charge is -2.09. The number of nitrogens with two attached hydrogens (primary N) is 1. The number of guanidine groups is 1. The number of aliphatic imine (C=N–C) groups is 1. The monoisotopic (exact) mass is 437 g/mol. The highest BCUT2D eigenvalue weighted by Gasteiger charge is 2.04. The van der Waals surface area contributed by atoms with Crippen LogP contribution in [0.3, 0.4) is 0 Å². The molecule has 132 valence electrons. The minimum Gasteiger partial charge on any atom is -0.493 e. The second-order valence-corrected chi connectivity index (χ2v) is 4.78. The Hall–Kier alpha value is -1.22. The van der Waals surface area contributed by atoms with Crippen molar-refractivity contribution in [1.29, 1.82) is 0 Å². The third-order valence-corrected chi connectivity index (χ3v) is 3.07. The van der Waals surface area contributed by atoms with Crippen molar-refractivity contribution in [3.63, 3.8) is 0 Å². The maximum atomic E-state index is 5.82. The molecule has 0 aliphatic heterocycles. The molecule has 0 bridgehead atoms. The van der Waals surface area contributed by atoms with Crippen LogP contribution in [0.2, 0.25) is 0 Å². The number of unbranched alkanes of at least 4 members (excludes halogenated alkanes) is 1. The van der Waals surface area contributed by atoms with E-state index in [1.54, 1.807) is 14.2 Å². The van der Waals surface area contributed by atoms with Crippen molar-refractivity contribution in [1.82, 2.24) is 5.32 Å². The van der Waals surface area contributed by atoms with Crippen LogP contribution in [-0.4, -0.2) is 39.9 Å². The van der Waals surface area contributed by atoms with E-state index in [-0.39, 0.29) is 24.0 Å². The smallest absolute Gasteiger partial charge is 0.188 e. The van der Waals surface area contributed by atoms with Crippen LogP contribution in [0, 0.1) is 0 Å². The standard InChI is InChI=1S/C16H27N3O3.HI/c1-4-5-9-22-10-8-18-16(17)19-12-13-6-7-14(20-2)15(11-13)21-3;/h6-7,11H,4-5,8-10,12H2,1-3H3,(H3,17,18,19);1H. The molecule has 0 spiro atoms. The van der Waals surface area contributed by atoms with Crippen LogP contribution in [0.25, 0.3) is 0 Å². The first-order chi connectivity index (χ1) is 10.7. The molecule has 0 heterocycles. The van der Waals surface area contributed by atoms with Crippen LogP contribution in [0.15, 0.2) is 23.2 Å². The van der Waals surface area contributed by atoms with Crippen molar-refractivity contribution in [2.24, 2.45) is 10.7 Å². The third-order valence-electron chi connectivity index (χ3n) is 3.07. The summed E-state index contributed by atoms with van der Waals surface area (Å²) in [6, 6.07) is 5.68. The summed E-state index contributed by atoms with van der Waals surface area (Å²) >= 11 is 0. The highest BCUT2D eigenvalue weighted by atomic mass is 127. The van der Waals surface area contributed by atoms with Gasteiger partial charge in [0.2, 0.25) is 0 Å². The van der Waals surface area contributed by atoms with Crippen molar-refractivity contribution in [3.8, 4) is 11.5 Å². The predicted molar refractivity (Wildman–Crippen MR) is 104 cm³/mol. The molecule has 1 rings (SSSR count). The van der Waals surface area contributed by atoms with Gasteiger partial charge in [-0.1, -0.05) is 19.4 Å². The Labute approximate surface area is 155 Å². The summed E-state index contributed by atoms with van der Waals surface area (Å²) < 4.78 is 15.9. The van der Waals surface area contributed by atoms with Crippen LogP contribution in [0.4, 0.5) is 0 Å². The van der Waals surface area contributed by atoms with E-state index in [9.17, 15) is 0 Å². The number of hydrogen-bond acceptors (Lipinski definition) is 4. The lowest BCUT2D eigenvalue weighted by atomic mass is 10.2. The van der Waals surface area contributed by atoms with E-state index in [2.05, 4.69) is 17.2 Å². The molecule has 1 aromatic rings. The largest absolute Gasteiger partial charge is 0.493 e. The first-order valence-corrected chi connectivity index (χ1v) is 7.53. The molecule has 0 saturated carbocycles. The fourth-order valence-electron chi connectivity index (χ4n) is 1.81. The molecule has 0 aliphatic carbocycles. The average molecular weight is 437 g/mol. The number of rotatable bonds is 10. The SMILES string of the molecule is CCCCOCCNC(N)=NCc1ccc(OC)c(OC)c1.I. The molecule has 0 unspecified atom stereocenters. The summed E-state index contributed by atoms with van der Waals surface area (Å²) in [5.74, 6) is 1.80. The first-order valence-electron chi connectivity index (χ1n) is 7.53. The summed E-state index contributed by atoms with van der Waals surface area (Å²) in [4.78, 5) is 4.29. The summed E-state index contributed by atoms with van der Waals surface area (Å²) in [6.45, 7) is 4.70. The first kappa shape index (κ1) is 21.8. The summed E-state index contributed by atoms with van der Waals surface area (Å²) in [7, 11) is 3.22. The van der Waals surface area contributed by atoms with Gasteiger partial charge in [-0.3, -0.25) is 0 Å². The van der Waals surface area contributed by atoms with Gasteiger partial charge in [-0.05, 0) is 24.1 Å². The molecule has 1 aromatic carbocycles. The quantitative estimate of drug-likeness (QED) is 0.255. The molecular weight excluding hydrogens is 409 g/mol. The molecular formula is C16H28IN3O3. The number of ether oxygens (including phenoxy) is 3. The minimum atomic E-state index is 0. The van der Waals surface area contributed by atoms with Gasteiger partial charge >= 0.3 is 0 Å². The number of nitrogens with zero attached hydrogens (tertiary/aromatic N) is 1. The number of benzene rings is 1. The van der Waals surface area contributed by atoms with Gasteiger partial charge in [-0.2, -0.15) is 0 Å². The van der Waals surface area contributed by atoms with Gasteiger partial charge in [0, 0.05) is 13.2 Å². The second kappa shape index (κ2) is 13.2. The second-order valence-electron chi connectivity index (χ2n) is 4.78. The Morgan fingerprint density at radius 2 is 1.91 bits per heavy atom. The Balaban J connectivity index is 0.00000484. The van der Waals surface area contributed by atoms with Crippen molar-refractivity contribution < 1.29 is 14.2 Å². The molecule has 7 heteroatoms. The topological polar surface area (TPSA) is 78.1 Å². The van der Waals surface area contributed by atoms with Crippen LogP contribution in [-0.2, 0) is 11.3 Å². The number of hydrogen-bond donors (Lipinski definition) is 2. The van der Waals surface area contributed by atoms with Crippen LogP contribution >= 0.6 is 24.0 Å². The normalized spacial score (nSPS) is 10.8. The van der Waals surface area contributed by atoms with Gasteiger partial charge in [0.05, 0.1) is 27.4 Å². The molecule has 0 radical (unpaired) electrons. The average Bonchev–Trinajstić information content (AvgIpc) is 2.55. The summed E-state index contributed by atoms with van der Waals surface area (Å²) in [5, 5.41) is 3.03. The zero-order chi connectivity index (χ0) is 16.2. The Morgan fingerprint density at radius 3 is 2.57 bits per heavy atom. The van der Waals surface area contributed by atoms with Crippen molar-refractivity contribution in [2.45, 2.75) is 26.3 Å². The Kier molecular flexibility index (Phi) is 12.5. The van der Waals surface area contributed by atoms with E-state index in [0.29, 0.717) is 37.2 Å². The Morgan fingerprint density at radius 1 is 1.17 bits per heavy atom. The van der Waals surface area contributed by atoms with Crippen molar-refractivity contribution >= 4 is 29.9 Å². The molecule has 0 saturated heterocycles. The highest BCUT2D eigenvalue weighted by Crippen LogP contribution is 2.27. The molecule has 6 nitrogen and oxygen atoms in total. The van der Waals surface area contributed by atoms with E-state index in [1.165, 1.54) is 0 Å². The van der Waals surface area contributed by atoms with Gasteiger partial charge in [0.15, 0.2) is 17.5 Å². The lowest BCUT2D eigenvalue weighted by molar-refractivity contribution is 0.136. The molecule has 23 heavy (non-hydrogen) atoms. The van der Waals surface area contributed by atoms with E-state index in [4.69, 9.17) is 19.9 Å². The molecule has 0 amide bonds. The maximum Gasteiger partial charge on any atom is 0.188 e. The number of nitrogens with one attached hydrogen (secondary N) is 1. The van der Waals surface area contributed by atoms with E-state index < -0.39 is 0 Å². The predicted octanol–water partition coefficient (Wildman–Crippen LogP) is 2.54. The molecule has 0 aromatic heterocycles. The molecule has 3 N–H and O–H groups in total. The van der Waals surface area contributed by atoms with Gasteiger partial charge in [0.25, 0.3) is 0 Å². The minimum absolute atomic E-state index is 0. The van der Waals surface area contributed by atoms with Crippen LogP contribution in [0.5, 0.6) is 11.5 Å². The lowest BCUT2D eigenvalue weighted by Crippen LogP contribution is -2.34. The van der Waals surface area contributed by atoms with Crippen molar-refractivity contribution in [3.05, 3.63) is 23.8 Å². The molecule has 0 aliphatic rings. The maximum absolute atomic E-state index is 5.82. The van der Waals surface area contributed by atoms with E-state index in [0.717, 1.165) is 25.0 Å². The van der Waals surface area contributed by atoms with Crippen LogP contribution < -0.4 is 20.5 Å². The van der Waals surface area contributed by atoms with Gasteiger partial charge in [0.1, 0.15) is 0 Å². The van der Waals surface area contributed by atoms with Crippen LogP contribution in [0.1, 0.15) is 25.3 Å². The number of halogens is 1. The van der Waals surface area contributed by atoms with Gasteiger partial charge in [-0.25, -0.2) is 4.99 Å². The summed E-state index contributed by atoms with van der Waals surface area (Å²) in [6.07, 6.45) is 2.23. The fourth-order valence-corrected chi connectivity index (χ4v) is 1.81. The molecule has 0 atom stereocenters. The van der Waals surface area contributed by atoms with Gasteiger partial charge in [-0.15, -0.1) is 24.0 Å². The fraction of sp³-hybridized carbons (Fsp3) is 0.562. The zero-order valence-electron chi connectivity index (χ0n) is 14.1. The zero-order valence-corrected chi connectivity index (χ0v) is 16.5. The highest BCUT2D eigenvalue weighted by molar-refractivity contribution is 14.0. The van der Waals surface area contributed by atoms with E-state index >= 15 is 0 Å².